The fourth-order valence-corrected chi connectivity index (χ4v) is 2.84. The molecule has 1 aromatic rings. The zero-order valence-electron chi connectivity index (χ0n) is 14.1. The number of benzene rings is 1. The standard InChI is InChI=1S/C17H21Cl2N3O4/c18-14-4-3-12(8-15(14)19)10-22-6-7-26-13(11-22)9-21-17(25)20-5-1-2-16(23)24/h1-4,8,13H,5-7,9-11H2,(H,23,24)(H2,20,21,25)/b2-1+. The Hall–Kier alpha value is -1.80. The van der Waals surface area contributed by atoms with Gasteiger partial charge in [-0.05, 0) is 17.7 Å². The Balaban J connectivity index is 1.73. The van der Waals surface area contributed by atoms with Crippen molar-refractivity contribution in [2.45, 2.75) is 12.6 Å². The molecule has 142 valence electrons. The van der Waals surface area contributed by atoms with Crippen molar-refractivity contribution in [3.8, 4) is 0 Å². The van der Waals surface area contributed by atoms with Crippen molar-refractivity contribution in [3.63, 3.8) is 0 Å². The number of aliphatic carboxylic acids is 1. The van der Waals surface area contributed by atoms with Crippen LogP contribution < -0.4 is 10.6 Å². The van der Waals surface area contributed by atoms with Gasteiger partial charge in [0.2, 0.25) is 0 Å². The number of hydrogen-bond donors (Lipinski definition) is 3. The number of carboxylic acid groups (broad SMARTS) is 1. The number of morpholine rings is 1. The molecule has 1 aliphatic rings. The van der Waals surface area contributed by atoms with Crippen LogP contribution in [0.25, 0.3) is 0 Å². The van der Waals surface area contributed by atoms with E-state index >= 15 is 0 Å². The molecule has 1 aliphatic heterocycles. The molecule has 0 radical (unpaired) electrons. The second-order valence-corrected chi connectivity index (χ2v) is 6.62. The average Bonchev–Trinajstić information content (AvgIpc) is 2.60. The summed E-state index contributed by atoms with van der Waals surface area (Å²) in [6.45, 7) is 3.29. The zero-order valence-corrected chi connectivity index (χ0v) is 15.6. The lowest BCUT2D eigenvalue weighted by atomic mass is 10.2. The summed E-state index contributed by atoms with van der Waals surface area (Å²) in [5, 5.41) is 14.8. The number of amides is 2. The lowest BCUT2D eigenvalue weighted by Crippen LogP contribution is -2.48. The Morgan fingerprint density at radius 2 is 2.12 bits per heavy atom. The summed E-state index contributed by atoms with van der Waals surface area (Å²) in [6, 6.07) is 5.20. The first kappa shape index (κ1) is 20.5. The van der Waals surface area contributed by atoms with E-state index in [1.807, 2.05) is 12.1 Å². The number of urea groups is 1. The fourth-order valence-electron chi connectivity index (χ4n) is 2.52. The van der Waals surface area contributed by atoms with Crippen LogP contribution in [0.15, 0.2) is 30.4 Å². The minimum absolute atomic E-state index is 0.119. The third kappa shape index (κ3) is 7.21. The first-order valence-electron chi connectivity index (χ1n) is 8.13. The van der Waals surface area contributed by atoms with Crippen LogP contribution in [0.4, 0.5) is 4.79 Å². The van der Waals surface area contributed by atoms with Gasteiger partial charge in [0, 0.05) is 38.8 Å². The van der Waals surface area contributed by atoms with E-state index in [4.69, 9.17) is 33.0 Å². The number of carboxylic acids is 1. The van der Waals surface area contributed by atoms with E-state index < -0.39 is 5.97 Å². The molecule has 1 heterocycles. The van der Waals surface area contributed by atoms with Gasteiger partial charge in [-0.25, -0.2) is 9.59 Å². The van der Waals surface area contributed by atoms with Crippen LogP contribution in [-0.4, -0.2) is 60.9 Å². The minimum Gasteiger partial charge on any atom is -0.478 e. The third-order valence-electron chi connectivity index (χ3n) is 3.74. The first-order chi connectivity index (χ1) is 12.4. The number of nitrogens with one attached hydrogen (secondary N) is 2. The monoisotopic (exact) mass is 401 g/mol. The van der Waals surface area contributed by atoms with Gasteiger partial charge in [0.25, 0.3) is 0 Å². The molecule has 7 nitrogen and oxygen atoms in total. The zero-order chi connectivity index (χ0) is 18.9. The SMILES string of the molecule is O=C(O)/C=C/CNC(=O)NCC1CN(Cc2ccc(Cl)c(Cl)c2)CCO1. The normalized spacial score (nSPS) is 18.0. The summed E-state index contributed by atoms with van der Waals surface area (Å²) in [4.78, 5) is 24.2. The van der Waals surface area contributed by atoms with Crippen molar-refractivity contribution < 1.29 is 19.4 Å². The van der Waals surface area contributed by atoms with Crippen molar-refractivity contribution in [3.05, 3.63) is 46.0 Å². The van der Waals surface area contributed by atoms with Crippen LogP contribution in [0.1, 0.15) is 5.56 Å². The van der Waals surface area contributed by atoms with Crippen molar-refractivity contribution in [1.82, 2.24) is 15.5 Å². The molecular weight excluding hydrogens is 381 g/mol. The van der Waals surface area contributed by atoms with E-state index in [9.17, 15) is 9.59 Å². The molecule has 0 aromatic heterocycles. The number of carbonyl (C=O) groups excluding carboxylic acids is 1. The number of hydrogen-bond acceptors (Lipinski definition) is 4. The van der Waals surface area contributed by atoms with Gasteiger partial charge in [-0.3, -0.25) is 4.90 Å². The van der Waals surface area contributed by atoms with Crippen LogP contribution in [0.5, 0.6) is 0 Å². The molecule has 9 heteroatoms. The Bertz CT molecular complexity index is 669. The molecule has 1 fully saturated rings. The number of halogens is 2. The van der Waals surface area contributed by atoms with Gasteiger partial charge in [-0.2, -0.15) is 0 Å². The van der Waals surface area contributed by atoms with Crippen molar-refractivity contribution >= 4 is 35.2 Å². The molecule has 1 saturated heterocycles. The lowest BCUT2D eigenvalue weighted by molar-refractivity contribution is -0.131. The highest BCUT2D eigenvalue weighted by molar-refractivity contribution is 6.42. The Morgan fingerprint density at radius 3 is 2.85 bits per heavy atom. The second-order valence-electron chi connectivity index (χ2n) is 5.81. The lowest BCUT2D eigenvalue weighted by Gasteiger charge is -2.33. The number of nitrogens with zero attached hydrogens (tertiary/aromatic N) is 1. The molecule has 2 rings (SSSR count). The highest BCUT2D eigenvalue weighted by Gasteiger charge is 2.21. The summed E-state index contributed by atoms with van der Waals surface area (Å²) in [5.41, 5.74) is 1.07. The average molecular weight is 402 g/mol. The van der Waals surface area contributed by atoms with E-state index in [1.54, 1.807) is 6.07 Å². The molecule has 0 bridgehead atoms. The quantitative estimate of drug-likeness (QED) is 0.608. The van der Waals surface area contributed by atoms with Crippen molar-refractivity contribution in [2.75, 3.05) is 32.8 Å². The summed E-state index contributed by atoms with van der Waals surface area (Å²) in [7, 11) is 0. The maximum absolute atomic E-state index is 11.7. The Labute approximate surface area is 161 Å². The van der Waals surface area contributed by atoms with Crippen LogP contribution in [0.2, 0.25) is 10.0 Å². The summed E-state index contributed by atoms with van der Waals surface area (Å²) in [6.07, 6.45) is 2.22. The molecule has 0 spiro atoms. The largest absolute Gasteiger partial charge is 0.478 e. The van der Waals surface area contributed by atoms with Gasteiger partial charge >= 0.3 is 12.0 Å². The van der Waals surface area contributed by atoms with E-state index in [0.717, 1.165) is 24.7 Å². The molecule has 1 unspecified atom stereocenters. The molecule has 0 saturated carbocycles. The molecule has 1 atom stereocenters. The number of rotatable bonds is 7. The molecule has 3 N–H and O–H groups in total. The first-order valence-corrected chi connectivity index (χ1v) is 8.88. The van der Waals surface area contributed by atoms with Crippen LogP contribution >= 0.6 is 23.2 Å². The summed E-state index contributed by atoms with van der Waals surface area (Å²) in [5.74, 6) is -1.05. The van der Waals surface area contributed by atoms with E-state index in [0.29, 0.717) is 29.7 Å². The smallest absolute Gasteiger partial charge is 0.328 e. The third-order valence-corrected chi connectivity index (χ3v) is 4.48. The highest BCUT2D eigenvalue weighted by atomic mass is 35.5. The number of carbonyl (C=O) groups is 2. The maximum atomic E-state index is 11.7. The van der Waals surface area contributed by atoms with Gasteiger partial charge in [0.05, 0.1) is 22.8 Å². The van der Waals surface area contributed by atoms with Crippen molar-refractivity contribution in [1.29, 1.82) is 0 Å². The second kappa shape index (κ2) is 10.4. The van der Waals surface area contributed by atoms with E-state index in [1.165, 1.54) is 6.08 Å². The van der Waals surface area contributed by atoms with Gasteiger partial charge in [0.1, 0.15) is 0 Å². The predicted octanol–water partition coefficient (Wildman–Crippen LogP) is 2.13. The van der Waals surface area contributed by atoms with Crippen LogP contribution in [-0.2, 0) is 16.1 Å². The predicted molar refractivity (Wildman–Crippen MR) is 99.7 cm³/mol. The van der Waals surface area contributed by atoms with E-state index in [2.05, 4.69) is 15.5 Å². The Morgan fingerprint density at radius 1 is 1.31 bits per heavy atom. The van der Waals surface area contributed by atoms with Gasteiger partial charge in [-0.1, -0.05) is 35.3 Å². The fraction of sp³-hybridized carbons (Fsp3) is 0.412. The van der Waals surface area contributed by atoms with Gasteiger partial charge in [-0.15, -0.1) is 0 Å². The topological polar surface area (TPSA) is 90.9 Å². The van der Waals surface area contributed by atoms with E-state index in [-0.39, 0.29) is 18.7 Å². The minimum atomic E-state index is -1.05. The molecule has 1 aromatic carbocycles. The van der Waals surface area contributed by atoms with Gasteiger partial charge < -0.3 is 20.5 Å². The maximum Gasteiger partial charge on any atom is 0.328 e. The molecular formula is C17H21Cl2N3O4. The van der Waals surface area contributed by atoms with Crippen LogP contribution in [0, 0.1) is 0 Å². The molecule has 26 heavy (non-hydrogen) atoms. The Kier molecular flexibility index (Phi) is 8.18. The summed E-state index contributed by atoms with van der Waals surface area (Å²) < 4.78 is 5.67. The van der Waals surface area contributed by atoms with Crippen LogP contribution in [0.3, 0.4) is 0 Å². The highest BCUT2D eigenvalue weighted by Crippen LogP contribution is 2.23. The molecule has 0 aliphatic carbocycles. The van der Waals surface area contributed by atoms with Gasteiger partial charge in [0.15, 0.2) is 0 Å². The summed E-state index contributed by atoms with van der Waals surface area (Å²) >= 11 is 12.0. The number of ether oxygens (including phenoxy) is 1. The molecule has 2 amide bonds. The van der Waals surface area contributed by atoms with Crippen molar-refractivity contribution in [2.24, 2.45) is 0 Å².